The SMILES string of the molecule is O=S(=O)(O)C(F)(F)C(F)(F)F.[GaH3]. The van der Waals surface area contributed by atoms with Crippen LogP contribution in [0.3, 0.4) is 0 Å². The van der Waals surface area contributed by atoms with Crippen LogP contribution in [-0.2, 0) is 10.1 Å². The summed E-state index contributed by atoms with van der Waals surface area (Å²) < 4.78 is 82.2. The van der Waals surface area contributed by atoms with E-state index in [1.807, 2.05) is 0 Å². The summed E-state index contributed by atoms with van der Waals surface area (Å²) in [6, 6.07) is 0. The van der Waals surface area contributed by atoms with E-state index in [0.717, 1.165) is 0 Å². The Morgan fingerprint density at radius 2 is 1.25 bits per heavy atom. The average molecular weight is 273 g/mol. The Bertz CT molecular complexity index is 242. The van der Waals surface area contributed by atoms with Crippen LogP contribution < -0.4 is 0 Å². The summed E-state index contributed by atoms with van der Waals surface area (Å²) in [4.78, 5) is 0. The second-order valence-corrected chi connectivity index (χ2v) is 2.95. The molecule has 0 rings (SSSR count). The van der Waals surface area contributed by atoms with Gasteiger partial charge < -0.3 is 0 Å². The molecule has 10 heteroatoms. The molecule has 0 saturated heterocycles. The second-order valence-electron chi connectivity index (χ2n) is 1.49. The van der Waals surface area contributed by atoms with Crippen molar-refractivity contribution in [2.24, 2.45) is 0 Å². The first kappa shape index (κ1) is 14.7. The predicted molar refractivity (Wildman–Crippen MR) is 32.5 cm³/mol. The molecule has 0 bridgehead atoms. The molecule has 0 unspecified atom stereocenters. The Hall–Kier alpha value is 0.196. The van der Waals surface area contributed by atoms with Crippen molar-refractivity contribution in [1.29, 1.82) is 0 Å². The first-order chi connectivity index (χ1) is 4.50. The van der Waals surface area contributed by atoms with E-state index >= 15 is 0 Å². The summed E-state index contributed by atoms with van der Waals surface area (Å²) in [5, 5.41) is -6.10. The summed E-state index contributed by atoms with van der Waals surface area (Å²) in [6.07, 6.45) is -6.29. The molecule has 12 heavy (non-hydrogen) atoms. The van der Waals surface area contributed by atoms with Gasteiger partial charge in [-0.3, -0.25) is 4.55 Å². The van der Waals surface area contributed by atoms with Gasteiger partial charge in [-0.15, -0.1) is 0 Å². The monoisotopic (exact) mass is 272 g/mol. The van der Waals surface area contributed by atoms with Crippen LogP contribution >= 0.6 is 0 Å². The Balaban J connectivity index is 0. The number of rotatable bonds is 1. The molecule has 3 nitrogen and oxygen atoms in total. The molecular formula is C2H4F5GaO3S. The third-order valence-corrected chi connectivity index (χ3v) is 1.53. The molecule has 0 aromatic heterocycles. The quantitative estimate of drug-likeness (QED) is 0.410. The van der Waals surface area contributed by atoms with Crippen molar-refractivity contribution in [2.75, 3.05) is 0 Å². The molecule has 0 aliphatic heterocycles. The van der Waals surface area contributed by atoms with Gasteiger partial charge in [0, 0.05) is 0 Å². The molecule has 0 heterocycles. The van der Waals surface area contributed by atoms with Crippen LogP contribution in [0.5, 0.6) is 0 Å². The fraction of sp³-hybridized carbons (Fsp3) is 1.00. The van der Waals surface area contributed by atoms with E-state index in [4.69, 9.17) is 4.55 Å². The minimum absolute atomic E-state index is 0. The van der Waals surface area contributed by atoms with Crippen LogP contribution in [0, 0.1) is 0 Å². The molecule has 0 aromatic carbocycles. The van der Waals surface area contributed by atoms with E-state index in [-0.39, 0.29) is 19.8 Å². The summed E-state index contributed by atoms with van der Waals surface area (Å²) in [7, 11) is -6.42. The van der Waals surface area contributed by atoms with Crippen molar-refractivity contribution in [3.05, 3.63) is 0 Å². The number of hydrogen-bond donors (Lipinski definition) is 1. The van der Waals surface area contributed by atoms with Gasteiger partial charge in [0.1, 0.15) is 0 Å². The fourth-order valence-electron chi connectivity index (χ4n) is 0.146. The topological polar surface area (TPSA) is 54.4 Å². The maximum absolute atomic E-state index is 11.5. The zero-order chi connectivity index (χ0) is 9.50. The molecule has 0 saturated carbocycles. The fourth-order valence-corrected chi connectivity index (χ4v) is 0.439. The summed E-state index contributed by atoms with van der Waals surface area (Å²) >= 11 is 0. The van der Waals surface area contributed by atoms with Gasteiger partial charge in [-0.2, -0.15) is 30.4 Å². The molecule has 0 aliphatic rings. The van der Waals surface area contributed by atoms with E-state index < -0.39 is 21.5 Å². The average Bonchev–Trinajstić information content (AvgIpc) is 1.58. The zero-order valence-corrected chi connectivity index (χ0v) is 5.38. The van der Waals surface area contributed by atoms with Gasteiger partial charge in [-0.25, -0.2) is 0 Å². The van der Waals surface area contributed by atoms with Crippen LogP contribution in [0.25, 0.3) is 0 Å². The van der Waals surface area contributed by atoms with Gasteiger partial charge >= 0.3 is 41.3 Å². The van der Waals surface area contributed by atoms with Crippen molar-refractivity contribution in [2.45, 2.75) is 11.4 Å². The Morgan fingerprint density at radius 3 is 1.25 bits per heavy atom. The van der Waals surface area contributed by atoms with Gasteiger partial charge in [-0.1, -0.05) is 0 Å². The number of halogens is 5. The van der Waals surface area contributed by atoms with Crippen LogP contribution in [-0.4, -0.2) is 44.2 Å². The molecular weight excluding hydrogens is 269 g/mol. The molecule has 0 atom stereocenters. The molecule has 0 spiro atoms. The van der Waals surface area contributed by atoms with Crippen LogP contribution in [0.4, 0.5) is 22.0 Å². The van der Waals surface area contributed by atoms with Crippen LogP contribution in [0.1, 0.15) is 0 Å². The Kier molecular flexibility index (Phi) is 4.31. The van der Waals surface area contributed by atoms with E-state index in [0.29, 0.717) is 0 Å². The third-order valence-electron chi connectivity index (χ3n) is 0.654. The second kappa shape index (κ2) is 3.52. The van der Waals surface area contributed by atoms with Crippen molar-refractivity contribution in [1.82, 2.24) is 0 Å². The minimum atomic E-state index is -6.42. The predicted octanol–water partition coefficient (Wildman–Crippen LogP) is -0.155. The van der Waals surface area contributed by atoms with E-state index in [1.54, 1.807) is 0 Å². The van der Waals surface area contributed by atoms with Crippen molar-refractivity contribution >= 4 is 29.9 Å². The van der Waals surface area contributed by atoms with Crippen molar-refractivity contribution in [3.63, 3.8) is 0 Å². The maximum atomic E-state index is 11.5. The molecule has 1 N–H and O–H groups in total. The van der Waals surface area contributed by atoms with E-state index in [1.165, 1.54) is 0 Å². The molecule has 74 valence electrons. The first-order valence-corrected chi connectivity index (χ1v) is 3.36. The van der Waals surface area contributed by atoms with Gasteiger partial charge in [0.2, 0.25) is 0 Å². The van der Waals surface area contributed by atoms with E-state index in [9.17, 15) is 30.4 Å². The number of alkyl halides is 5. The number of hydrogen-bond acceptors (Lipinski definition) is 2. The first-order valence-electron chi connectivity index (χ1n) is 1.91. The molecule has 0 aromatic rings. The van der Waals surface area contributed by atoms with Crippen LogP contribution in [0.15, 0.2) is 0 Å². The zero-order valence-electron chi connectivity index (χ0n) is 4.56. The van der Waals surface area contributed by atoms with Gasteiger partial charge in [0.05, 0.1) is 0 Å². The van der Waals surface area contributed by atoms with Gasteiger partial charge in [0.15, 0.2) is 0 Å². The summed E-state index contributed by atoms with van der Waals surface area (Å²) in [5.41, 5.74) is 0. The standard InChI is InChI=1S/C2HF5O3S.Ga.3H/c3-1(4,5)2(6,7)11(8,9)10;;;;/h(H,8,9,10);;;;. The summed E-state index contributed by atoms with van der Waals surface area (Å²) in [5.74, 6) is 0. The van der Waals surface area contributed by atoms with Crippen molar-refractivity contribution in [3.8, 4) is 0 Å². The third kappa shape index (κ3) is 2.60. The van der Waals surface area contributed by atoms with Crippen LogP contribution in [0.2, 0.25) is 0 Å². The molecule has 0 fully saturated rings. The van der Waals surface area contributed by atoms with Gasteiger partial charge in [0.25, 0.3) is 0 Å². The Morgan fingerprint density at radius 1 is 1.00 bits per heavy atom. The normalized spacial score (nSPS) is 13.8. The van der Waals surface area contributed by atoms with Crippen molar-refractivity contribution < 1.29 is 34.9 Å². The Labute approximate surface area is 76.7 Å². The van der Waals surface area contributed by atoms with Gasteiger partial charge in [-0.05, 0) is 0 Å². The molecule has 0 radical (unpaired) electrons. The summed E-state index contributed by atoms with van der Waals surface area (Å²) in [6.45, 7) is 0. The molecule has 0 aliphatic carbocycles. The van der Waals surface area contributed by atoms with E-state index in [2.05, 4.69) is 0 Å². The molecule has 0 amide bonds.